The summed E-state index contributed by atoms with van der Waals surface area (Å²) in [5, 5.41) is 9.23. The summed E-state index contributed by atoms with van der Waals surface area (Å²) in [5.74, 6) is 3.46. The molecule has 0 amide bonds. The summed E-state index contributed by atoms with van der Waals surface area (Å²) in [6, 6.07) is 0. The van der Waals surface area contributed by atoms with E-state index in [0.29, 0.717) is 6.61 Å². The largest absolute Gasteiger partial charge is 0.396 e. The van der Waals surface area contributed by atoms with Crippen LogP contribution in [0.5, 0.6) is 0 Å². The highest BCUT2D eigenvalue weighted by atomic mass is 16.3. The zero-order valence-corrected chi connectivity index (χ0v) is 12.1. The number of aliphatic hydroxyl groups excluding tert-OH is 1. The van der Waals surface area contributed by atoms with Crippen LogP contribution in [0, 0.1) is 23.7 Å². The van der Waals surface area contributed by atoms with Crippen molar-refractivity contribution in [2.24, 2.45) is 23.7 Å². The highest BCUT2D eigenvalue weighted by molar-refractivity contribution is 4.78. The molecule has 0 aromatic rings. The van der Waals surface area contributed by atoms with Gasteiger partial charge in [-0.2, -0.15) is 0 Å². The zero-order valence-electron chi connectivity index (χ0n) is 12.1. The molecule has 0 heterocycles. The zero-order chi connectivity index (χ0) is 12.7. The van der Waals surface area contributed by atoms with E-state index in [4.69, 9.17) is 0 Å². The lowest BCUT2D eigenvalue weighted by molar-refractivity contribution is 0.137. The van der Waals surface area contributed by atoms with E-state index in [0.717, 1.165) is 30.1 Å². The van der Waals surface area contributed by atoms with Gasteiger partial charge in [-0.1, -0.05) is 52.9 Å². The third-order valence-corrected chi connectivity index (χ3v) is 4.98. The van der Waals surface area contributed by atoms with Gasteiger partial charge in [0, 0.05) is 6.61 Å². The summed E-state index contributed by atoms with van der Waals surface area (Å²) in [4.78, 5) is 0. The van der Waals surface area contributed by atoms with Crippen LogP contribution in [0.2, 0.25) is 0 Å². The van der Waals surface area contributed by atoms with E-state index in [2.05, 4.69) is 20.8 Å². The van der Waals surface area contributed by atoms with Crippen molar-refractivity contribution in [2.45, 2.75) is 72.1 Å². The molecule has 1 saturated carbocycles. The molecule has 0 bridgehead atoms. The van der Waals surface area contributed by atoms with E-state index in [1.54, 1.807) is 0 Å². The van der Waals surface area contributed by atoms with E-state index in [-0.39, 0.29) is 0 Å². The van der Waals surface area contributed by atoms with E-state index in [1.807, 2.05) is 0 Å². The normalized spacial score (nSPS) is 28.9. The Bertz CT molecular complexity index is 182. The fourth-order valence-corrected chi connectivity index (χ4v) is 3.50. The van der Waals surface area contributed by atoms with Crippen molar-refractivity contribution < 1.29 is 5.11 Å². The molecule has 1 aliphatic rings. The Morgan fingerprint density at radius 2 is 1.76 bits per heavy atom. The van der Waals surface area contributed by atoms with Gasteiger partial charge in [0.1, 0.15) is 0 Å². The highest BCUT2D eigenvalue weighted by Gasteiger charge is 2.28. The average Bonchev–Trinajstić information content (AvgIpc) is 2.34. The van der Waals surface area contributed by atoms with Crippen LogP contribution in [-0.4, -0.2) is 11.7 Å². The first-order chi connectivity index (χ1) is 8.19. The summed E-state index contributed by atoms with van der Waals surface area (Å²) in [7, 11) is 0. The molecule has 0 radical (unpaired) electrons. The van der Waals surface area contributed by atoms with Crippen molar-refractivity contribution in [1.82, 2.24) is 0 Å². The van der Waals surface area contributed by atoms with Gasteiger partial charge in [-0.15, -0.1) is 0 Å². The molecule has 1 heteroatoms. The Morgan fingerprint density at radius 3 is 2.29 bits per heavy atom. The Balaban J connectivity index is 2.42. The first kappa shape index (κ1) is 15.0. The van der Waals surface area contributed by atoms with Crippen molar-refractivity contribution >= 4 is 0 Å². The predicted octanol–water partition coefficient (Wildman–Crippen LogP) is 4.64. The molecule has 1 rings (SSSR count). The third-order valence-electron chi connectivity index (χ3n) is 4.98. The second-order valence-corrected chi connectivity index (χ2v) is 6.29. The fourth-order valence-electron chi connectivity index (χ4n) is 3.50. The molecule has 1 aliphatic carbocycles. The molecular weight excluding hydrogens is 208 g/mol. The summed E-state index contributed by atoms with van der Waals surface area (Å²) < 4.78 is 0. The van der Waals surface area contributed by atoms with E-state index >= 15 is 0 Å². The van der Waals surface area contributed by atoms with Crippen LogP contribution < -0.4 is 0 Å². The minimum atomic E-state index is 0.377. The summed E-state index contributed by atoms with van der Waals surface area (Å²) in [5.41, 5.74) is 0. The summed E-state index contributed by atoms with van der Waals surface area (Å²) in [6.45, 7) is 7.48. The van der Waals surface area contributed by atoms with Gasteiger partial charge in [-0.25, -0.2) is 0 Å². The molecule has 0 aliphatic heterocycles. The lowest BCUT2D eigenvalue weighted by Gasteiger charge is -2.35. The summed E-state index contributed by atoms with van der Waals surface area (Å²) in [6.07, 6.45) is 10.7. The van der Waals surface area contributed by atoms with Crippen LogP contribution in [0.15, 0.2) is 0 Å². The van der Waals surface area contributed by atoms with Crippen molar-refractivity contribution in [1.29, 1.82) is 0 Å². The van der Waals surface area contributed by atoms with Crippen LogP contribution in [-0.2, 0) is 0 Å². The second kappa shape index (κ2) is 8.13. The smallest absolute Gasteiger partial charge is 0.0433 e. The minimum Gasteiger partial charge on any atom is -0.396 e. The lowest BCUT2D eigenvalue weighted by Crippen LogP contribution is -2.25. The van der Waals surface area contributed by atoms with Crippen LogP contribution in [0.1, 0.15) is 72.1 Å². The van der Waals surface area contributed by atoms with Crippen LogP contribution in [0.25, 0.3) is 0 Å². The van der Waals surface area contributed by atoms with Gasteiger partial charge >= 0.3 is 0 Å². The van der Waals surface area contributed by atoms with Crippen LogP contribution >= 0.6 is 0 Å². The van der Waals surface area contributed by atoms with Crippen LogP contribution in [0.4, 0.5) is 0 Å². The van der Waals surface area contributed by atoms with Crippen molar-refractivity contribution in [2.75, 3.05) is 6.61 Å². The maximum absolute atomic E-state index is 9.23. The van der Waals surface area contributed by atoms with E-state index in [9.17, 15) is 5.11 Å². The molecule has 17 heavy (non-hydrogen) atoms. The maximum Gasteiger partial charge on any atom is 0.0433 e. The second-order valence-electron chi connectivity index (χ2n) is 6.29. The van der Waals surface area contributed by atoms with E-state index < -0.39 is 0 Å². The number of hydrogen-bond acceptors (Lipinski definition) is 1. The molecule has 1 fully saturated rings. The average molecular weight is 240 g/mol. The van der Waals surface area contributed by atoms with Gasteiger partial charge in [-0.05, 0) is 42.9 Å². The summed E-state index contributed by atoms with van der Waals surface area (Å²) >= 11 is 0. The Morgan fingerprint density at radius 1 is 1.12 bits per heavy atom. The molecule has 0 spiro atoms. The van der Waals surface area contributed by atoms with Crippen molar-refractivity contribution in [3.63, 3.8) is 0 Å². The Kier molecular flexibility index (Phi) is 7.18. The standard InChI is InChI=1S/C16H32O/c1-4-5-6-15(11-12-17)14(3)16-9-7-13(2)8-10-16/h13-17H,4-12H2,1-3H3. The SMILES string of the molecule is CCCCC(CCO)C(C)C1CCC(C)CC1. The number of aliphatic hydroxyl groups is 1. The minimum absolute atomic E-state index is 0.377. The molecule has 2 atom stereocenters. The van der Waals surface area contributed by atoms with E-state index in [1.165, 1.54) is 44.9 Å². The van der Waals surface area contributed by atoms with Gasteiger partial charge in [0.05, 0.1) is 0 Å². The first-order valence-corrected chi connectivity index (χ1v) is 7.79. The Hall–Kier alpha value is -0.0400. The third kappa shape index (κ3) is 4.99. The molecule has 102 valence electrons. The first-order valence-electron chi connectivity index (χ1n) is 7.79. The highest BCUT2D eigenvalue weighted by Crippen LogP contribution is 2.38. The molecule has 0 aromatic carbocycles. The molecular formula is C16H32O. The van der Waals surface area contributed by atoms with Crippen molar-refractivity contribution in [3.05, 3.63) is 0 Å². The number of hydrogen-bond donors (Lipinski definition) is 1. The lowest BCUT2D eigenvalue weighted by atomic mass is 9.71. The number of rotatable bonds is 7. The molecule has 1 nitrogen and oxygen atoms in total. The van der Waals surface area contributed by atoms with Crippen molar-refractivity contribution in [3.8, 4) is 0 Å². The predicted molar refractivity (Wildman–Crippen MR) is 75.0 cm³/mol. The molecule has 2 unspecified atom stereocenters. The Labute approximate surface area is 108 Å². The van der Waals surface area contributed by atoms with Gasteiger partial charge in [-0.3, -0.25) is 0 Å². The quantitative estimate of drug-likeness (QED) is 0.687. The number of unbranched alkanes of at least 4 members (excludes halogenated alkanes) is 1. The van der Waals surface area contributed by atoms with Gasteiger partial charge in [0.25, 0.3) is 0 Å². The maximum atomic E-state index is 9.23. The van der Waals surface area contributed by atoms with Crippen LogP contribution in [0.3, 0.4) is 0 Å². The van der Waals surface area contributed by atoms with Gasteiger partial charge in [0.15, 0.2) is 0 Å². The van der Waals surface area contributed by atoms with Gasteiger partial charge in [0.2, 0.25) is 0 Å². The fraction of sp³-hybridized carbons (Fsp3) is 1.00. The monoisotopic (exact) mass is 240 g/mol. The molecule has 0 saturated heterocycles. The molecule has 1 N–H and O–H groups in total. The van der Waals surface area contributed by atoms with Gasteiger partial charge < -0.3 is 5.11 Å². The molecule has 0 aromatic heterocycles. The topological polar surface area (TPSA) is 20.2 Å².